The molecular weight excluding hydrogens is 795 g/mol. The fourth-order valence-corrected chi connectivity index (χ4v) is 13.4. The fourth-order valence-electron chi connectivity index (χ4n) is 13.4. The monoisotopic (exact) mass is 876 g/mol. The maximum absolute atomic E-state index is 13.0. The Morgan fingerprint density at radius 2 is 1.42 bits per heavy atom. The van der Waals surface area contributed by atoms with Gasteiger partial charge < -0.3 is 29.4 Å². The van der Waals surface area contributed by atoms with Gasteiger partial charge in [-0.1, -0.05) is 133 Å². The van der Waals surface area contributed by atoms with Gasteiger partial charge in [-0.3, -0.25) is 0 Å². The van der Waals surface area contributed by atoms with Crippen molar-refractivity contribution in [3.63, 3.8) is 0 Å². The Balaban J connectivity index is 0.841. The van der Waals surface area contributed by atoms with Crippen LogP contribution in [0.1, 0.15) is 154 Å². The molecule has 9 atom stereocenters. The Bertz CT molecular complexity index is 1900. The Hall–Kier alpha value is -3.81. The third-order valence-electron chi connectivity index (χ3n) is 17.0. The van der Waals surface area contributed by atoms with E-state index in [2.05, 4.69) is 58.1 Å². The van der Waals surface area contributed by atoms with E-state index < -0.39 is 11.7 Å². The van der Waals surface area contributed by atoms with Crippen molar-refractivity contribution in [3.05, 3.63) is 107 Å². The number of amides is 1. The van der Waals surface area contributed by atoms with Crippen molar-refractivity contribution >= 4 is 6.09 Å². The van der Waals surface area contributed by atoms with E-state index in [0.29, 0.717) is 31.4 Å². The fraction of sp³-hybridized carbons (Fsp3) is 0.632. The second-order valence-electron chi connectivity index (χ2n) is 21.1. The van der Waals surface area contributed by atoms with E-state index in [1.54, 1.807) is 19.8 Å². The van der Waals surface area contributed by atoms with Crippen molar-refractivity contribution in [3.8, 4) is 11.5 Å². The summed E-state index contributed by atoms with van der Waals surface area (Å²) >= 11 is 0. The van der Waals surface area contributed by atoms with Crippen LogP contribution in [0.5, 0.6) is 11.5 Å². The topological polar surface area (TPSA) is 86.2 Å². The molecule has 4 aliphatic carbocycles. The number of nitrogens with one attached hydrogen (secondary N) is 1. The number of methoxy groups -OCH3 is 2. The van der Waals surface area contributed by atoms with Crippen LogP contribution in [-0.2, 0) is 15.1 Å². The standard InChI is InChI=1S/C57H81NO6/c1-40(2)15-14-16-41(3)51-30-31-52-50-29-24-45-39-49(32-35-55(45,4)53(50)33-36-56(51,52)5)64-54(60)58-37-13-9-12-19-46(59)34-38-63-57(42-17-10-8-11-18-42,43-20-25-47(61-6)26-21-43)44-22-27-48(62-7)28-23-44/h8,10-11,17-18,20-28,40-41,46,49-53,59H,9,12-16,19,29-39H2,1-7H3,(H,58,60)/t41-,46?,49?,50?,51-,52?,53?,55+,56-/m0/s1. The van der Waals surface area contributed by atoms with Crippen LogP contribution in [0.3, 0.4) is 0 Å². The zero-order valence-corrected chi connectivity index (χ0v) is 40.4. The van der Waals surface area contributed by atoms with Crippen LogP contribution in [0.25, 0.3) is 0 Å². The number of rotatable bonds is 21. The van der Waals surface area contributed by atoms with Gasteiger partial charge in [0.15, 0.2) is 0 Å². The highest BCUT2D eigenvalue weighted by atomic mass is 16.6. The number of allylic oxidation sites excluding steroid dienone is 1. The summed E-state index contributed by atoms with van der Waals surface area (Å²) in [6, 6.07) is 26.3. The molecule has 3 aromatic rings. The first-order chi connectivity index (χ1) is 30.9. The minimum absolute atomic E-state index is 0.0419. The average Bonchev–Trinajstić information content (AvgIpc) is 3.67. The molecule has 0 spiro atoms. The van der Waals surface area contributed by atoms with E-state index in [1.165, 1.54) is 51.4 Å². The summed E-state index contributed by atoms with van der Waals surface area (Å²) in [4.78, 5) is 13.0. The summed E-state index contributed by atoms with van der Waals surface area (Å²) in [6.07, 6.45) is 19.5. The second-order valence-corrected chi connectivity index (χ2v) is 21.1. The van der Waals surface area contributed by atoms with Gasteiger partial charge in [0.05, 0.1) is 26.9 Å². The molecule has 7 heteroatoms. The predicted octanol–water partition coefficient (Wildman–Crippen LogP) is 13.5. The van der Waals surface area contributed by atoms with Crippen LogP contribution in [0.2, 0.25) is 0 Å². The van der Waals surface area contributed by atoms with Gasteiger partial charge in [-0.15, -0.1) is 0 Å². The Labute approximate surface area is 386 Å². The van der Waals surface area contributed by atoms with Crippen molar-refractivity contribution < 1.29 is 28.8 Å². The molecule has 1 amide bonds. The highest BCUT2D eigenvalue weighted by Crippen LogP contribution is 2.67. The summed E-state index contributed by atoms with van der Waals surface area (Å²) in [7, 11) is 3.34. The summed E-state index contributed by atoms with van der Waals surface area (Å²) in [5, 5.41) is 14.1. The molecule has 0 saturated heterocycles. The molecule has 0 bridgehead atoms. The lowest BCUT2D eigenvalue weighted by atomic mass is 9.47. The molecule has 4 aliphatic rings. The van der Waals surface area contributed by atoms with Crippen LogP contribution in [0, 0.1) is 46.3 Å². The largest absolute Gasteiger partial charge is 0.497 e. The summed E-state index contributed by atoms with van der Waals surface area (Å²) in [5.74, 6) is 6.51. The van der Waals surface area contributed by atoms with Gasteiger partial charge >= 0.3 is 6.09 Å². The Kier molecular flexibility index (Phi) is 16.3. The number of ether oxygens (including phenoxy) is 4. The third-order valence-corrected chi connectivity index (χ3v) is 17.0. The molecule has 3 fully saturated rings. The number of carbonyl (C=O) groups excluding carboxylic acids is 1. The van der Waals surface area contributed by atoms with Gasteiger partial charge in [0.2, 0.25) is 0 Å². The summed E-state index contributed by atoms with van der Waals surface area (Å²) in [5.41, 5.74) is 4.34. The van der Waals surface area contributed by atoms with E-state index >= 15 is 0 Å². The Morgan fingerprint density at radius 3 is 2.08 bits per heavy atom. The van der Waals surface area contributed by atoms with Gasteiger partial charge in [0.1, 0.15) is 23.2 Å². The molecule has 3 aromatic carbocycles. The average molecular weight is 876 g/mol. The lowest BCUT2D eigenvalue weighted by Gasteiger charge is -2.58. The number of fused-ring (bicyclic) bond motifs is 5. The number of hydrogen-bond donors (Lipinski definition) is 2. The van der Waals surface area contributed by atoms with Crippen molar-refractivity contribution in [2.75, 3.05) is 27.4 Å². The van der Waals surface area contributed by atoms with Gasteiger partial charge in [-0.2, -0.15) is 0 Å². The minimum atomic E-state index is -0.906. The van der Waals surface area contributed by atoms with Gasteiger partial charge in [-0.05, 0) is 152 Å². The zero-order valence-electron chi connectivity index (χ0n) is 40.4. The molecule has 350 valence electrons. The number of aliphatic hydroxyl groups excluding tert-OH is 1. The molecule has 64 heavy (non-hydrogen) atoms. The van der Waals surface area contributed by atoms with Crippen LogP contribution in [-0.4, -0.2) is 50.8 Å². The van der Waals surface area contributed by atoms with Crippen LogP contribution in [0.4, 0.5) is 4.79 Å². The SMILES string of the molecule is COc1ccc(C(OCCC(O)CCCCCNC(=O)OC2CC[C@]3(C)C(=CCC4C3CC[C@]3(C)C4CC[C@H]3[C@@H](C)CCCC(C)C)C2)(c2ccccc2)c2ccc(OC)cc2)cc1. The van der Waals surface area contributed by atoms with Crippen molar-refractivity contribution in [2.45, 2.75) is 155 Å². The van der Waals surface area contributed by atoms with Gasteiger partial charge in [0, 0.05) is 13.0 Å². The van der Waals surface area contributed by atoms with Crippen LogP contribution in [0.15, 0.2) is 90.5 Å². The molecule has 0 aromatic heterocycles. The first-order valence-corrected chi connectivity index (χ1v) is 25.2. The van der Waals surface area contributed by atoms with Crippen molar-refractivity contribution in [1.29, 1.82) is 0 Å². The van der Waals surface area contributed by atoms with E-state index in [9.17, 15) is 9.90 Å². The zero-order chi connectivity index (χ0) is 45.3. The maximum atomic E-state index is 13.0. The minimum Gasteiger partial charge on any atom is -0.497 e. The lowest BCUT2D eigenvalue weighted by molar-refractivity contribution is -0.0581. The number of carbonyl (C=O) groups is 1. The quantitative estimate of drug-likeness (QED) is 0.0630. The van der Waals surface area contributed by atoms with E-state index in [1.807, 2.05) is 66.7 Å². The molecule has 0 heterocycles. The van der Waals surface area contributed by atoms with Gasteiger partial charge in [0.25, 0.3) is 0 Å². The highest BCUT2D eigenvalue weighted by Gasteiger charge is 2.59. The molecular formula is C57H81NO6. The molecule has 0 radical (unpaired) electrons. The third kappa shape index (κ3) is 10.6. The normalized spacial score (nSPS) is 27.4. The number of aliphatic hydroxyl groups is 1. The van der Waals surface area contributed by atoms with Crippen LogP contribution < -0.4 is 14.8 Å². The summed E-state index contributed by atoms with van der Waals surface area (Å²) < 4.78 is 24.0. The van der Waals surface area contributed by atoms with Crippen molar-refractivity contribution in [2.24, 2.45) is 46.3 Å². The maximum Gasteiger partial charge on any atom is 0.407 e. The highest BCUT2D eigenvalue weighted by molar-refractivity contribution is 5.67. The predicted molar refractivity (Wildman–Crippen MR) is 259 cm³/mol. The first kappa shape index (κ1) is 48.1. The van der Waals surface area contributed by atoms with Crippen molar-refractivity contribution in [1.82, 2.24) is 5.32 Å². The lowest BCUT2D eigenvalue weighted by Crippen LogP contribution is -2.51. The summed E-state index contributed by atoms with van der Waals surface area (Å²) in [6.45, 7) is 13.5. The Morgan fingerprint density at radius 1 is 0.750 bits per heavy atom. The molecule has 5 unspecified atom stereocenters. The van der Waals surface area contributed by atoms with E-state index in [0.717, 1.165) is 102 Å². The molecule has 7 rings (SSSR count). The van der Waals surface area contributed by atoms with E-state index in [4.69, 9.17) is 18.9 Å². The number of hydrogen-bond acceptors (Lipinski definition) is 6. The number of alkyl carbamates (subject to hydrolysis) is 1. The molecule has 3 saturated carbocycles. The number of unbranched alkanes of at least 4 members (excludes halogenated alkanes) is 2. The van der Waals surface area contributed by atoms with Gasteiger partial charge in [-0.25, -0.2) is 4.79 Å². The molecule has 2 N–H and O–H groups in total. The number of benzene rings is 3. The molecule has 0 aliphatic heterocycles. The smallest absolute Gasteiger partial charge is 0.407 e. The van der Waals surface area contributed by atoms with E-state index in [-0.39, 0.29) is 17.6 Å². The second kappa shape index (κ2) is 21.7. The van der Waals surface area contributed by atoms with Crippen LogP contribution >= 0.6 is 0 Å². The first-order valence-electron chi connectivity index (χ1n) is 25.2. The molecule has 7 nitrogen and oxygen atoms in total.